The monoisotopic (exact) mass is 297 g/mol. The lowest BCUT2D eigenvalue weighted by atomic mass is 10.2. The van der Waals surface area contributed by atoms with Gasteiger partial charge in [-0.05, 0) is 6.42 Å². The van der Waals surface area contributed by atoms with E-state index >= 15 is 0 Å². The maximum Gasteiger partial charge on any atom is 0.273 e. The van der Waals surface area contributed by atoms with Gasteiger partial charge in [-0.25, -0.2) is 4.98 Å². The molecule has 5 nitrogen and oxygen atoms in total. The highest BCUT2D eigenvalue weighted by molar-refractivity contribution is 8.14. The Morgan fingerprint density at radius 3 is 2.74 bits per heavy atom. The number of hydrogen-bond acceptors (Lipinski definition) is 6. The van der Waals surface area contributed by atoms with Crippen LogP contribution in [0.3, 0.4) is 0 Å². The molecule has 2 fully saturated rings. The molecule has 1 amide bonds. The van der Waals surface area contributed by atoms with Crippen LogP contribution in [0, 0.1) is 0 Å². The van der Waals surface area contributed by atoms with Gasteiger partial charge in [-0.1, -0.05) is 11.8 Å². The number of amides is 1. The Hall–Kier alpha value is -1.08. The lowest BCUT2D eigenvalue weighted by Crippen LogP contribution is -2.49. The molecule has 0 aromatic carbocycles. The molecular weight excluding hydrogens is 282 g/mol. The topological polar surface area (TPSA) is 53.5 Å². The molecular formula is C12H15N3O2S2. The van der Waals surface area contributed by atoms with Crippen LogP contribution in [0.15, 0.2) is 5.38 Å². The number of hydrogen-bond donors (Lipinski definition) is 0. The molecule has 0 radical (unpaired) electrons. The molecule has 2 saturated heterocycles. The van der Waals surface area contributed by atoms with Gasteiger partial charge in [0.15, 0.2) is 10.2 Å². The van der Waals surface area contributed by atoms with Gasteiger partial charge in [0.25, 0.3) is 5.91 Å². The van der Waals surface area contributed by atoms with Gasteiger partial charge >= 0.3 is 0 Å². The molecule has 3 rings (SSSR count). The fourth-order valence-corrected chi connectivity index (χ4v) is 3.89. The van der Waals surface area contributed by atoms with E-state index in [1.807, 2.05) is 10.3 Å². The third-order valence-corrected chi connectivity index (χ3v) is 5.17. The van der Waals surface area contributed by atoms with Crippen LogP contribution in [-0.2, 0) is 4.79 Å². The van der Waals surface area contributed by atoms with Gasteiger partial charge in [-0.3, -0.25) is 9.59 Å². The first-order valence-electron chi connectivity index (χ1n) is 6.30. The normalized spacial score (nSPS) is 19.0. The third-order valence-electron chi connectivity index (χ3n) is 3.31. The van der Waals surface area contributed by atoms with Gasteiger partial charge < -0.3 is 9.80 Å². The van der Waals surface area contributed by atoms with Gasteiger partial charge in [0.2, 0.25) is 0 Å². The average molecular weight is 297 g/mol. The van der Waals surface area contributed by atoms with Crippen LogP contribution in [0.5, 0.6) is 0 Å². The fraction of sp³-hybridized carbons (Fsp3) is 0.583. The van der Waals surface area contributed by atoms with Crippen LogP contribution in [-0.4, -0.2) is 52.3 Å². The van der Waals surface area contributed by atoms with Crippen molar-refractivity contribution in [3.8, 4) is 0 Å². The van der Waals surface area contributed by atoms with Crippen LogP contribution in [0.1, 0.15) is 23.8 Å². The molecule has 0 atom stereocenters. The van der Waals surface area contributed by atoms with Crippen molar-refractivity contribution < 1.29 is 9.59 Å². The quantitative estimate of drug-likeness (QED) is 0.845. The molecule has 19 heavy (non-hydrogen) atoms. The van der Waals surface area contributed by atoms with E-state index in [2.05, 4.69) is 9.88 Å². The van der Waals surface area contributed by atoms with Crippen molar-refractivity contribution in [2.75, 3.05) is 31.1 Å². The Bertz CT molecular complexity index is 507. The average Bonchev–Trinajstić information content (AvgIpc) is 2.68. The number of thioether (sulfide) groups is 1. The highest BCUT2D eigenvalue weighted by Gasteiger charge is 2.31. The predicted molar refractivity (Wildman–Crippen MR) is 76.9 cm³/mol. The predicted octanol–water partition coefficient (Wildman–Crippen LogP) is 1.46. The van der Waals surface area contributed by atoms with Crippen LogP contribution in [0.4, 0.5) is 5.13 Å². The van der Waals surface area contributed by atoms with E-state index < -0.39 is 0 Å². The first-order valence-corrected chi connectivity index (χ1v) is 8.06. The molecule has 0 bridgehead atoms. The zero-order valence-corrected chi connectivity index (χ0v) is 12.3. The minimum Gasteiger partial charge on any atom is -0.346 e. The molecule has 0 spiro atoms. The van der Waals surface area contributed by atoms with E-state index in [0.717, 1.165) is 37.7 Å². The first kappa shape index (κ1) is 12.9. The summed E-state index contributed by atoms with van der Waals surface area (Å²) >= 11 is 2.90. The second-order valence-electron chi connectivity index (χ2n) is 4.80. The highest BCUT2D eigenvalue weighted by Crippen LogP contribution is 2.31. The Morgan fingerprint density at radius 1 is 1.42 bits per heavy atom. The molecule has 102 valence electrons. The minimum atomic E-state index is 0.0453. The van der Waals surface area contributed by atoms with Crippen LogP contribution in [0.2, 0.25) is 0 Å². The Labute approximate surface area is 120 Å². The third kappa shape index (κ3) is 2.62. The summed E-state index contributed by atoms with van der Waals surface area (Å²) in [6.07, 6.45) is 1.10. The summed E-state index contributed by atoms with van der Waals surface area (Å²) < 4.78 is 0. The molecule has 1 aromatic heterocycles. The van der Waals surface area contributed by atoms with Crippen molar-refractivity contribution in [2.24, 2.45) is 0 Å². The number of carbonyl (C=O) groups excluding carboxylic acids is 2. The van der Waals surface area contributed by atoms with Crippen molar-refractivity contribution in [1.82, 2.24) is 9.88 Å². The lowest BCUT2D eigenvalue weighted by molar-refractivity contribution is -0.109. The van der Waals surface area contributed by atoms with Crippen molar-refractivity contribution >= 4 is 39.3 Å². The SMILES string of the molecule is CC(=O)SC1CN(c2nc(C(=O)N3CCC3)cs2)C1. The molecule has 0 unspecified atom stereocenters. The zero-order chi connectivity index (χ0) is 13.4. The molecule has 7 heteroatoms. The van der Waals surface area contributed by atoms with E-state index in [9.17, 15) is 9.59 Å². The molecule has 2 aliphatic rings. The maximum atomic E-state index is 12.0. The van der Waals surface area contributed by atoms with Gasteiger partial charge in [-0.15, -0.1) is 11.3 Å². The first-order chi connectivity index (χ1) is 9.13. The van der Waals surface area contributed by atoms with Gasteiger partial charge in [-0.2, -0.15) is 0 Å². The van der Waals surface area contributed by atoms with Crippen LogP contribution >= 0.6 is 23.1 Å². The maximum absolute atomic E-state index is 12.0. The van der Waals surface area contributed by atoms with Crippen LogP contribution < -0.4 is 4.90 Å². The fourth-order valence-electron chi connectivity index (χ4n) is 2.09. The number of aromatic nitrogens is 1. The van der Waals surface area contributed by atoms with E-state index in [-0.39, 0.29) is 11.0 Å². The summed E-state index contributed by atoms with van der Waals surface area (Å²) in [4.78, 5) is 31.3. The van der Waals surface area contributed by atoms with Crippen molar-refractivity contribution in [2.45, 2.75) is 18.6 Å². The van der Waals surface area contributed by atoms with Crippen molar-refractivity contribution in [1.29, 1.82) is 0 Å². The van der Waals surface area contributed by atoms with Crippen LogP contribution in [0.25, 0.3) is 0 Å². The zero-order valence-electron chi connectivity index (χ0n) is 10.7. The second kappa shape index (κ2) is 5.13. The number of nitrogens with zero attached hydrogens (tertiary/aromatic N) is 3. The summed E-state index contributed by atoms with van der Waals surface area (Å²) in [7, 11) is 0. The minimum absolute atomic E-state index is 0.0453. The summed E-state index contributed by atoms with van der Waals surface area (Å²) in [5, 5.41) is 3.26. The van der Waals surface area contributed by atoms with E-state index in [4.69, 9.17) is 0 Å². The summed E-state index contributed by atoms with van der Waals surface area (Å²) in [5.74, 6) is 0.0453. The van der Waals surface area contributed by atoms with E-state index in [1.54, 1.807) is 6.92 Å². The number of carbonyl (C=O) groups is 2. The smallest absolute Gasteiger partial charge is 0.273 e. The van der Waals surface area contributed by atoms with Gasteiger partial charge in [0, 0.05) is 43.7 Å². The Balaban J connectivity index is 1.57. The molecule has 2 aliphatic heterocycles. The molecule has 0 saturated carbocycles. The molecule has 1 aromatic rings. The Morgan fingerprint density at radius 2 is 2.16 bits per heavy atom. The van der Waals surface area contributed by atoms with E-state index in [0.29, 0.717) is 10.9 Å². The second-order valence-corrected chi connectivity index (χ2v) is 7.11. The standard InChI is InChI=1S/C12H15N3O2S2/c1-8(16)19-9-5-15(6-9)12-13-10(7-18-12)11(17)14-3-2-4-14/h7,9H,2-6H2,1H3. The Kier molecular flexibility index (Phi) is 3.49. The molecule has 0 N–H and O–H groups in total. The lowest BCUT2D eigenvalue weighted by Gasteiger charge is -2.38. The summed E-state index contributed by atoms with van der Waals surface area (Å²) in [6, 6.07) is 0. The summed E-state index contributed by atoms with van der Waals surface area (Å²) in [6.45, 7) is 4.99. The number of likely N-dealkylation sites (tertiary alicyclic amines) is 1. The van der Waals surface area contributed by atoms with Crippen molar-refractivity contribution in [3.63, 3.8) is 0 Å². The number of rotatable bonds is 3. The van der Waals surface area contributed by atoms with Gasteiger partial charge in [0.05, 0.1) is 0 Å². The molecule has 3 heterocycles. The largest absolute Gasteiger partial charge is 0.346 e. The molecule has 0 aliphatic carbocycles. The van der Waals surface area contributed by atoms with Crippen molar-refractivity contribution in [3.05, 3.63) is 11.1 Å². The van der Waals surface area contributed by atoms with Gasteiger partial charge in [0.1, 0.15) is 5.69 Å². The number of thiazole rings is 1. The number of anilines is 1. The van der Waals surface area contributed by atoms with E-state index in [1.165, 1.54) is 23.1 Å². The highest BCUT2D eigenvalue weighted by atomic mass is 32.2. The summed E-state index contributed by atoms with van der Waals surface area (Å²) in [5.41, 5.74) is 0.558.